The van der Waals surface area contributed by atoms with Crippen LogP contribution in [-0.2, 0) is 4.79 Å². The Hall–Kier alpha value is -2.42. The molecule has 0 radical (unpaired) electrons. The number of amides is 1. The normalized spacial score (nSPS) is 18.2. The first-order valence-electron chi connectivity index (χ1n) is 9.00. The molecule has 1 heterocycles. The second-order valence-corrected chi connectivity index (χ2v) is 8.73. The van der Waals surface area contributed by atoms with E-state index in [1.54, 1.807) is 0 Å². The van der Waals surface area contributed by atoms with Gasteiger partial charge in [0, 0.05) is 15.6 Å². The number of allylic oxidation sites excluding steroid dienone is 2. The molecule has 28 heavy (non-hydrogen) atoms. The van der Waals surface area contributed by atoms with Crippen molar-refractivity contribution in [2.24, 2.45) is 11.1 Å². The highest BCUT2D eigenvalue weighted by Crippen LogP contribution is 2.51. The van der Waals surface area contributed by atoms with E-state index in [1.165, 1.54) is 11.8 Å². The Kier molecular flexibility index (Phi) is 6.33. The molecule has 0 unspecified atom stereocenters. The van der Waals surface area contributed by atoms with Gasteiger partial charge in [0.05, 0.1) is 34.1 Å². The fourth-order valence-electron chi connectivity index (χ4n) is 3.84. The van der Waals surface area contributed by atoms with E-state index in [1.807, 2.05) is 24.3 Å². The number of halogens is 1. The Morgan fingerprint density at radius 2 is 1.96 bits per heavy atom. The van der Waals surface area contributed by atoms with Crippen LogP contribution in [0, 0.1) is 28.1 Å². The number of hydrogen-bond donors (Lipinski definition) is 3. The molecule has 1 aliphatic heterocycles. The molecule has 1 aliphatic carbocycles. The zero-order valence-electron chi connectivity index (χ0n) is 15.2. The van der Waals surface area contributed by atoms with Crippen molar-refractivity contribution in [1.29, 1.82) is 10.5 Å². The third-order valence-corrected chi connectivity index (χ3v) is 6.58. The number of carbonyl (C=O) groups is 1. The molecule has 1 fully saturated rings. The van der Waals surface area contributed by atoms with E-state index in [2.05, 4.69) is 38.7 Å². The lowest BCUT2D eigenvalue weighted by Gasteiger charge is -2.40. The van der Waals surface area contributed by atoms with Crippen molar-refractivity contribution in [3.63, 3.8) is 0 Å². The van der Waals surface area contributed by atoms with Crippen LogP contribution < -0.4 is 16.4 Å². The first-order valence-corrected chi connectivity index (χ1v) is 10.8. The molecule has 1 spiro atoms. The second-order valence-electron chi connectivity index (χ2n) is 6.83. The minimum atomic E-state index is -0.625. The highest BCUT2D eigenvalue weighted by molar-refractivity contribution is 9.10. The summed E-state index contributed by atoms with van der Waals surface area (Å²) in [5, 5.41) is 25.9. The fraction of sp³-hybridized carbons (Fsp3) is 0.350. The number of hydrogen-bond acceptors (Lipinski definition) is 6. The molecule has 2 aliphatic rings. The molecule has 0 atom stereocenters. The van der Waals surface area contributed by atoms with Gasteiger partial charge in [0.2, 0.25) is 5.91 Å². The lowest BCUT2D eigenvalue weighted by atomic mass is 9.64. The Morgan fingerprint density at radius 3 is 2.61 bits per heavy atom. The largest absolute Gasteiger partial charge is 0.384 e. The third-order valence-electron chi connectivity index (χ3n) is 5.09. The molecule has 8 heteroatoms. The number of nitrogens with two attached hydrogens (primary N) is 1. The van der Waals surface area contributed by atoms with E-state index < -0.39 is 5.41 Å². The summed E-state index contributed by atoms with van der Waals surface area (Å²) >= 11 is 4.62. The lowest BCUT2D eigenvalue weighted by Crippen LogP contribution is -2.39. The maximum atomic E-state index is 12.4. The van der Waals surface area contributed by atoms with Crippen molar-refractivity contribution in [2.75, 3.05) is 11.1 Å². The number of thioether (sulfide) groups is 1. The smallest absolute Gasteiger partial charge is 0.234 e. The van der Waals surface area contributed by atoms with Gasteiger partial charge in [-0.1, -0.05) is 53.0 Å². The Morgan fingerprint density at radius 1 is 1.25 bits per heavy atom. The van der Waals surface area contributed by atoms with E-state index in [9.17, 15) is 15.3 Å². The van der Waals surface area contributed by atoms with E-state index in [-0.39, 0.29) is 11.7 Å². The molecule has 1 amide bonds. The van der Waals surface area contributed by atoms with Crippen LogP contribution in [-0.4, -0.2) is 11.7 Å². The number of benzene rings is 1. The number of nitrogens with one attached hydrogen (secondary N) is 2. The highest BCUT2D eigenvalue weighted by atomic mass is 79.9. The van der Waals surface area contributed by atoms with Crippen LogP contribution >= 0.6 is 27.7 Å². The van der Waals surface area contributed by atoms with Gasteiger partial charge < -0.3 is 16.4 Å². The van der Waals surface area contributed by atoms with Crippen molar-refractivity contribution >= 4 is 39.3 Å². The minimum absolute atomic E-state index is 0.130. The third kappa shape index (κ3) is 4.04. The second kappa shape index (κ2) is 8.72. The number of nitriles is 2. The topological polar surface area (TPSA) is 115 Å². The van der Waals surface area contributed by atoms with Gasteiger partial charge in [0.15, 0.2) is 0 Å². The predicted octanol–water partition coefficient (Wildman–Crippen LogP) is 4.10. The Bertz CT molecular complexity index is 935. The van der Waals surface area contributed by atoms with Crippen LogP contribution in [0.2, 0.25) is 0 Å². The monoisotopic (exact) mass is 457 g/mol. The molecule has 0 aromatic heterocycles. The van der Waals surface area contributed by atoms with Gasteiger partial charge in [-0.3, -0.25) is 4.79 Å². The number of nitrogens with zero attached hydrogens (tertiary/aromatic N) is 2. The van der Waals surface area contributed by atoms with Gasteiger partial charge in [0.25, 0.3) is 0 Å². The molecule has 1 aromatic rings. The summed E-state index contributed by atoms with van der Waals surface area (Å²) < 4.78 is 0.877. The summed E-state index contributed by atoms with van der Waals surface area (Å²) in [6.07, 6.45) is 4.45. The van der Waals surface area contributed by atoms with Crippen LogP contribution in [0.1, 0.15) is 32.1 Å². The van der Waals surface area contributed by atoms with Gasteiger partial charge in [-0.2, -0.15) is 10.5 Å². The fourth-order valence-corrected chi connectivity index (χ4v) is 5.15. The first kappa shape index (κ1) is 20.3. The molecule has 0 saturated heterocycles. The van der Waals surface area contributed by atoms with Gasteiger partial charge in [-0.05, 0) is 31.0 Å². The van der Waals surface area contributed by atoms with E-state index in [0.717, 1.165) is 36.6 Å². The SMILES string of the molecule is N#CC1=C(N)NC(SCC(=O)Nc2cccc(Br)c2)=C(C#N)C12CCCCC2. The van der Waals surface area contributed by atoms with Crippen LogP contribution in [0.4, 0.5) is 5.69 Å². The average Bonchev–Trinajstić information content (AvgIpc) is 2.67. The maximum Gasteiger partial charge on any atom is 0.234 e. The average molecular weight is 458 g/mol. The Balaban J connectivity index is 1.79. The van der Waals surface area contributed by atoms with Crippen LogP contribution in [0.3, 0.4) is 0 Å². The Labute approximate surface area is 177 Å². The minimum Gasteiger partial charge on any atom is -0.384 e. The quantitative estimate of drug-likeness (QED) is 0.626. The summed E-state index contributed by atoms with van der Waals surface area (Å²) in [5.74, 6) is 0.241. The van der Waals surface area contributed by atoms with E-state index >= 15 is 0 Å². The summed E-state index contributed by atoms with van der Waals surface area (Å²) in [4.78, 5) is 12.4. The highest BCUT2D eigenvalue weighted by Gasteiger charge is 2.45. The van der Waals surface area contributed by atoms with Gasteiger partial charge in [-0.25, -0.2) is 0 Å². The molecule has 1 aromatic carbocycles. The summed E-state index contributed by atoms with van der Waals surface area (Å²) in [6.45, 7) is 0. The first-order chi connectivity index (χ1) is 13.5. The summed E-state index contributed by atoms with van der Waals surface area (Å²) in [7, 11) is 0. The van der Waals surface area contributed by atoms with E-state index in [0.29, 0.717) is 27.7 Å². The predicted molar refractivity (Wildman–Crippen MR) is 113 cm³/mol. The van der Waals surface area contributed by atoms with Crippen molar-refractivity contribution in [3.8, 4) is 12.1 Å². The summed E-state index contributed by atoms with van der Waals surface area (Å²) in [5.41, 5.74) is 7.18. The summed E-state index contributed by atoms with van der Waals surface area (Å²) in [6, 6.07) is 11.9. The molecule has 0 bridgehead atoms. The molecular formula is C20H20BrN5OS. The van der Waals surface area contributed by atoms with Crippen molar-refractivity contribution in [2.45, 2.75) is 32.1 Å². The van der Waals surface area contributed by atoms with Crippen molar-refractivity contribution in [1.82, 2.24) is 5.32 Å². The van der Waals surface area contributed by atoms with Crippen molar-refractivity contribution < 1.29 is 4.79 Å². The molecule has 4 N–H and O–H groups in total. The zero-order chi connectivity index (χ0) is 20.1. The van der Waals surface area contributed by atoms with Crippen molar-refractivity contribution in [3.05, 3.63) is 50.7 Å². The standard InChI is InChI=1S/C20H20BrN5OS/c21-13-5-4-6-14(9-13)25-17(27)12-28-19-16(11-23)20(7-2-1-3-8-20)15(10-22)18(24)26-19/h4-6,9,26H,1-3,7-8,12,24H2,(H,25,27). The molecule has 6 nitrogen and oxygen atoms in total. The molecule has 144 valence electrons. The number of rotatable bonds is 4. The number of dihydropyridines is 1. The van der Waals surface area contributed by atoms with Crippen LogP contribution in [0.5, 0.6) is 0 Å². The molecule has 1 saturated carbocycles. The van der Waals surface area contributed by atoms with Gasteiger partial charge >= 0.3 is 0 Å². The molecule has 3 rings (SSSR count). The van der Waals surface area contributed by atoms with Crippen LogP contribution in [0.25, 0.3) is 0 Å². The lowest BCUT2D eigenvalue weighted by molar-refractivity contribution is -0.113. The van der Waals surface area contributed by atoms with E-state index in [4.69, 9.17) is 5.73 Å². The number of anilines is 1. The number of carbonyl (C=O) groups excluding carboxylic acids is 1. The molecular weight excluding hydrogens is 438 g/mol. The van der Waals surface area contributed by atoms with Crippen LogP contribution in [0.15, 0.2) is 50.7 Å². The van der Waals surface area contributed by atoms with Gasteiger partial charge in [0.1, 0.15) is 5.82 Å². The maximum absolute atomic E-state index is 12.4. The van der Waals surface area contributed by atoms with Gasteiger partial charge in [-0.15, -0.1) is 0 Å². The zero-order valence-corrected chi connectivity index (χ0v) is 17.6.